The minimum atomic E-state index is -0.417. The molecule has 1 N–H and O–H groups in total. The first kappa shape index (κ1) is 31.0. The predicted octanol–water partition coefficient (Wildman–Crippen LogP) is 7.90. The molecule has 0 saturated heterocycles. The number of aromatic nitrogens is 2. The summed E-state index contributed by atoms with van der Waals surface area (Å²) in [6.45, 7) is 13.2. The summed E-state index contributed by atoms with van der Waals surface area (Å²) in [5.41, 5.74) is 4.42. The molecular formula is C32H37IrN2O3-. The molecule has 0 amide bonds. The SMILES string of the molecule is CC(C)(C)C(=O)/C=C(\O)C(C)(C)C.COc1cc[c-]c(-c2ccc3cc(-n4cccc4)c(C)cc3n2)c1.[Ir]. The molecule has 0 aliphatic heterocycles. The summed E-state index contributed by atoms with van der Waals surface area (Å²) in [7, 11) is 1.67. The fourth-order valence-electron chi connectivity index (χ4n) is 3.46. The van der Waals surface area contributed by atoms with E-state index in [2.05, 4.69) is 48.1 Å². The van der Waals surface area contributed by atoms with Crippen LogP contribution in [0.15, 0.2) is 78.8 Å². The Morgan fingerprint density at radius 1 is 1.00 bits per heavy atom. The van der Waals surface area contributed by atoms with Crippen molar-refractivity contribution in [3.8, 4) is 22.7 Å². The largest absolute Gasteiger partial charge is 0.516 e. The van der Waals surface area contributed by atoms with E-state index in [4.69, 9.17) is 9.72 Å². The Labute approximate surface area is 239 Å². The van der Waals surface area contributed by atoms with Crippen molar-refractivity contribution < 1.29 is 34.7 Å². The molecule has 0 aliphatic carbocycles. The van der Waals surface area contributed by atoms with Gasteiger partial charge in [-0.3, -0.25) is 9.78 Å². The van der Waals surface area contributed by atoms with Crippen LogP contribution in [-0.2, 0) is 24.9 Å². The molecule has 203 valence electrons. The van der Waals surface area contributed by atoms with Gasteiger partial charge in [-0.25, -0.2) is 0 Å². The number of hydrogen-bond donors (Lipinski definition) is 1. The average molecular weight is 690 g/mol. The summed E-state index contributed by atoms with van der Waals surface area (Å²) in [6, 6.07) is 21.4. The molecular weight excluding hydrogens is 653 g/mol. The Bertz CT molecular complexity index is 1410. The fourth-order valence-corrected chi connectivity index (χ4v) is 3.46. The molecule has 2 aromatic heterocycles. The van der Waals surface area contributed by atoms with Crippen LogP contribution in [0.2, 0.25) is 0 Å². The molecule has 6 heteroatoms. The van der Waals surface area contributed by atoms with Crippen LogP contribution < -0.4 is 4.74 Å². The van der Waals surface area contributed by atoms with E-state index in [0.717, 1.165) is 27.9 Å². The second-order valence-electron chi connectivity index (χ2n) is 11.2. The molecule has 0 bridgehead atoms. The first-order valence-corrected chi connectivity index (χ1v) is 12.4. The summed E-state index contributed by atoms with van der Waals surface area (Å²) in [5.74, 6) is 0.914. The number of aliphatic hydroxyl groups is 1. The van der Waals surface area contributed by atoms with Gasteiger partial charge in [-0.2, -0.15) is 0 Å². The van der Waals surface area contributed by atoms with Crippen molar-refractivity contribution in [1.82, 2.24) is 9.55 Å². The van der Waals surface area contributed by atoms with Crippen molar-refractivity contribution in [3.05, 3.63) is 90.5 Å². The van der Waals surface area contributed by atoms with Crippen molar-refractivity contribution in [2.24, 2.45) is 10.8 Å². The predicted molar refractivity (Wildman–Crippen MR) is 151 cm³/mol. The molecule has 2 heterocycles. The van der Waals surface area contributed by atoms with Gasteiger partial charge in [-0.05, 0) is 42.4 Å². The van der Waals surface area contributed by atoms with Crippen LogP contribution in [-0.4, -0.2) is 27.6 Å². The molecule has 0 atom stereocenters. The molecule has 38 heavy (non-hydrogen) atoms. The topological polar surface area (TPSA) is 64.3 Å². The van der Waals surface area contributed by atoms with Gasteiger partial charge in [0.1, 0.15) is 5.76 Å². The number of benzene rings is 2. The summed E-state index contributed by atoms with van der Waals surface area (Å²) in [6.07, 6.45) is 5.45. The minimum absolute atomic E-state index is 0. The number of ketones is 1. The number of aliphatic hydroxyl groups excluding tert-OH is 1. The molecule has 0 saturated carbocycles. The number of hydrogen-bond acceptors (Lipinski definition) is 4. The van der Waals surface area contributed by atoms with E-state index >= 15 is 0 Å². The zero-order valence-electron chi connectivity index (χ0n) is 23.4. The van der Waals surface area contributed by atoms with E-state index in [-0.39, 0.29) is 37.1 Å². The van der Waals surface area contributed by atoms with E-state index in [0.29, 0.717) is 0 Å². The molecule has 2 aromatic carbocycles. The van der Waals surface area contributed by atoms with E-state index in [9.17, 15) is 9.90 Å². The fraction of sp³-hybridized carbons (Fsp3) is 0.312. The van der Waals surface area contributed by atoms with Gasteiger partial charge in [-0.15, -0.1) is 29.8 Å². The van der Waals surface area contributed by atoms with Gasteiger partial charge in [0.2, 0.25) is 0 Å². The molecule has 0 aliphatic rings. The second-order valence-corrected chi connectivity index (χ2v) is 11.2. The van der Waals surface area contributed by atoms with Crippen molar-refractivity contribution >= 4 is 16.7 Å². The number of carbonyl (C=O) groups is 1. The van der Waals surface area contributed by atoms with Crippen molar-refractivity contribution in [2.45, 2.75) is 48.5 Å². The number of pyridine rings is 1. The van der Waals surface area contributed by atoms with Gasteiger partial charge in [0.15, 0.2) is 5.78 Å². The van der Waals surface area contributed by atoms with Gasteiger partial charge >= 0.3 is 0 Å². The van der Waals surface area contributed by atoms with E-state index < -0.39 is 5.41 Å². The summed E-state index contributed by atoms with van der Waals surface area (Å²) in [4.78, 5) is 16.3. The first-order valence-electron chi connectivity index (χ1n) is 12.4. The minimum Gasteiger partial charge on any atom is -0.516 e. The zero-order chi connectivity index (χ0) is 27.4. The van der Waals surface area contributed by atoms with Crippen molar-refractivity contribution in [1.29, 1.82) is 0 Å². The van der Waals surface area contributed by atoms with Gasteiger partial charge in [-0.1, -0.05) is 53.7 Å². The van der Waals surface area contributed by atoms with Crippen LogP contribution >= 0.6 is 0 Å². The smallest absolute Gasteiger partial charge is 0.164 e. The summed E-state index contributed by atoms with van der Waals surface area (Å²) < 4.78 is 7.41. The third-order valence-corrected chi connectivity index (χ3v) is 5.95. The molecule has 0 spiro atoms. The maximum atomic E-state index is 11.5. The molecule has 4 rings (SSSR count). The number of carbonyl (C=O) groups excluding carboxylic acids is 1. The van der Waals surface area contributed by atoms with Crippen LogP contribution in [0.3, 0.4) is 0 Å². The Morgan fingerprint density at radius 3 is 2.24 bits per heavy atom. The van der Waals surface area contributed by atoms with Gasteiger partial charge in [0.25, 0.3) is 0 Å². The first-order chi connectivity index (χ1) is 17.3. The summed E-state index contributed by atoms with van der Waals surface area (Å²) >= 11 is 0. The average Bonchev–Trinajstić information content (AvgIpc) is 3.37. The molecule has 0 unspecified atom stereocenters. The van der Waals surface area contributed by atoms with E-state index in [1.54, 1.807) is 7.11 Å². The van der Waals surface area contributed by atoms with Crippen LogP contribution in [0.25, 0.3) is 27.8 Å². The third-order valence-electron chi connectivity index (χ3n) is 5.95. The number of rotatable bonds is 4. The van der Waals surface area contributed by atoms with Crippen LogP contribution in [0.1, 0.15) is 47.1 Å². The molecule has 5 nitrogen and oxygen atoms in total. The zero-order valence-corrected chi connectivity index (χ0v) is 25.8. The second kappa shape index (κ2) is 12.6. The number of aryl methyl sites for hydroxylation is 1. The maximum absolute atomic E-state index is 11.5. The quantitative estimate of drug-likeness (QED) is 0.135. The van der Waals surface area contributed by atoms with Crippen LogP contribution in [0.4, 0.5) is 0 Å². The van der Waals surface area contributed by atoms with E-state index in [1.807, 2.05) is 77.9 Å². The Balaban J connectivity index is 0.000000313. The molecule has 4 aromatic rings. The van der Waals surface area contributed by atoms with Gasteiger partial charge in [0.05, 0.1) is 12.6 Å². The normalized spacial score (nSPS) is 11.8. The number of fused-ring (bicyclic) bond motifs is 1. The Kier molecular flexibility index (Phi) is 10.2. The number of nitrogens with zero attached hydrogens (tertiary/aromatic N) is 2. The Morgan fingerprint density at radius 2 is 1.66 bits per heavy atom. The number of ether oxygens (including phenoxy) is 1. The van der Waals surface area contributed by atoms with Crippen molar-refractivity contribution in [3.63, 3.8) is 0 Å². The number of allylic oxidation sites excluding steroid dienone is 2. The van der Waals surface area contributed by atoms with E-state index in [1.165, 1.54) is 17.3 Å². The molecule has 1 radical (unpaired) electrons. The van der Waals surface area contributed by atoms with Gasteiger partial charge < -0.3 is 14.4 Å². The van der Waals surface area contributed by atoms with Crippen LogP contribution in [0.5, 0.6) is 5.75 Å². The van der Waals surface area contributed by atoms with Gasteiger partial charge in [0, 0.05) is 66.2 Å². The van der Waals surface area contributed by atoms with Crippen molar-refractivity contribution in [2.75, 3.05) is 7.11 Å². The monoisotopic (exact) mass is 690 g/mol. The maximum Gasteiger partial charge on any atom is 0.164 e. The molecule has 0 fully saturated rings. The summed E-state index contributed by atoms with van der Waals surface area (Å²) in [5, 5.41) is 10.7. The van der Waals surface area contributed by atoms with Crippen LogP contribution in [0, 0.1) is 23.8 Å². The third kappa shape index (κ3) is 7.89. The standard InChI is InChI=1S/C21H17N2O.C11H20O2.Ir/c1-15-12-20-17(14-21(15)23-10-3-4-11-23)8-9-19(22-20)16-6-5-7-18(13-16)24-2;1-10(2,3)8(12)7-9(13)11(4,5)6;/h3-5,7-14H,1-2H3;7,12H,1-6H3;/q-1;;/b;8-7-;. The number of methoxy groups -OCH3 is 1. The Hall–Kier alpha value is -3.21.